The number of rotatable bonds is 11. The van der Waals surface area contributed by atoms with Crippen LogP contribution in [-0.4, -0.2) is 34.2 Å². The summed E-state index contributed by atoms with van der Waals surface area (Å²) >= 11 is 0. The molecule has 0 aliphatic rings. The molecule has 0 heterocycles. The fraction of sp³-hybridized carbons (Fsp3) is 0.289. The first kappa shape index (κ1) is 32.2. The number of hydrogen-bond acceptors (Lipinski definition) is 6. The summed E-state index contributed by atoms with van der Waals surface area (Å²) in [7, 11) is 0. The van der Waals surface area contributed by atoms with Crippen molar-refractivity contribution in [3.8, 4) is 17.2 Å². The Bertz CT molecular complexity index is 1660. The lowest BCUT2D eigenvalue weighted by molar-refractivity contribution is 0.111. The number of aldehydes is 3. The highest BCUT2D eigenvalue weighted by Crippen LogP contribution is 2.44. The Morgan fingerprint density at radius 2 is 0.818 bits per heavy atom. The van der Waals surface area contributed by atoms with E-state index in [-0.39, 0.29) is 33.9 Å². The number of hydrogen-bond donors (Lipinski definition) is 3. The van der Waals surface area contributed by atoms with Crippen molar-refractivity contribution < 1.29 is 29.7 Å². The minimum atomic E-state index is -0.883. The van der Waals surface area contributed by atoms with E-state index < -0.39 is 10.8 Å². The lowest BCUT2D eigenvalue weighted by atomic mass is 9.68. The van der Waals surface area contributed by atoms with E-state index in [0.29, 0.717) is 54.8 Å². The van der Waals surface area contributed by atoms with Crippen molar-refractivity contribution in [3.05, 3.63) is 122 Å². The maximum absolute atomic E-state index is 12.0. The van der Waals surface area contributed by atoms with Gasteiger partial charge >= 0.3 is 0 Å². The molecule has 0 saturated heterocycles. The van der Waals surface area contributed by atoms with Gasteiger partial charge < -0.3 is 15.3 Å². The molecule has 0 spiro atoms. The predicted molar refractivity (Wildman–Crippen MR) is 173 cm³/mol. The molecule has 228 valence electrons. The van der Waals surface area contributed by atoms with Crippen LogP contribution in [0.15, 0.2) is 60.7 Å². The van der Waals surface area contributed by atoms with Gasteiger partial charge in [0.15, 0.2) is 18.9 Å². The number of aryl methyl sites for hydroxylation is 3. The van der Waals surface area contributed by atoms with Crippen LogP contribution in [0, 0.1) is 0 Å². The van der Waals surface area contributed by atoms with Crippen molar-refractivity contribution in [3.63, 3.8) is 0 Å². The Morgan fingerprint density at radius 1 is 0.500 bits per heavy atom. The van der Waals surface area contributed by atoms with Crippen LogP contribution in [0.2, 0.25) is 0 Å². The van der Waals surface area contributed by atoms with Crippen LogP contribution in [-0.2, 0) is 30.1 Å². The molecule has 4 aromatic rings. The van der Waals surface area contributed by atoms with Gasteiger partial charge in [-0.15, -0.1) is 0 Å². The zero-order valence-corrected chi connectivity index (χ0v) is 26.2. The number of phenols is 3. The first-order valence-corrected chi connectivity index (χ1v) is 15.0. The molecule has 44 heavy (non-hydrogen) atoms. The lowest BCUT2D eigenvalue weighted by Crippen LogP contribution is -2.27. The molecular weight excluding hydrogens is 552 g/mol. The molecule has 0 aromatic heterocycles. The Morgan fingerprint density at radius 3 is 1.16 bits per heavy atom. The molecule has 0 fully saturated rings. The predicted octanol–water partition coefficient (Wildman–Crippen LogP) is 7.61. The zero-order valence-electron chi connectivity index (χ0n) is 26.2. The Balaban J connectivity index is 1.97. The molecule has 0 amide bonds. The van der Waals surface area contributed by atoms with Crippen LogP contribution in [0.4, 0.5) is 0 Å². The summed E-state index contributed by atoms with van der Waals surface area (Å²) in [6, 6.07) is 18.9. The van der Waals surface area contributed by atoms with Crippen molar-refractivity contribution in [2.24, 2.45) is 0 Å². The summed E-state index contributed by atoms with van der Waals surface area (Å²) in [5.41, 5.74) is 5.45. The van der Waals surface area contributed by atoms with Crippen LogP contribution in [0.25, 0.3) is 0 Å². The van der Waals surface area contributed by atoms with Gasteiger partial charge in [-0.3, -0.25) is 14.4 Å². The van der Waals surface area contributed by atoms with Crippen LogP contribution in [0.3, 0.4) is 0 Å². The molecule has 6 nitrogen and oxygen atoms in total. The number of carbonyl (C=O) groups excluding carboxylic acids is 3. The van der Waals surface area contributed by atoms with Gasteiger partial charge in [-0.2, -0.15) is 0 Å². The highest BCUT2D eigenvalue weighted by Gasteiger charge is 2.35. The number of carbonyl (C=O) groups is 3. The molecule has 6 heteroatoms. The fourth-order valence-electron chi connectivity index (χ4n) is 6.06. The van der Waals surface area contributed by atoms with E-state index >= 15 is 0 Å². The first-order valence-electron chi connectivity index (χ1n) is 15.0. The van der Waals surface area contributed by atoms with Crippen LogP contribution in [0.5, 0.6) is 17.2 Å². The minimum Gasteiger partial charge on any atom is -0.507 e. The third-order valence-electron chi connectivity index (χ3n) is 9.24. The van der Waals surface area contributed by atoms with E-state index in [9.17, 15) is 29.7 Å². The summed E-state index contributed by atoms with van der Waals surface area (Å²) < 4.78 is 0. The molecule has 4 rings (SSSR count). The lowest BCUT2D eigenvalue weighted by Gasteiger charge is -2.34. The monoisotopic (exact) mass is 592 g/mol. The molecule has 0 bridgehead atoms. The standard InChI is InChI=1S/C38H40O6/c1-7-23-14-31(17-26(20-39)34(23)42)37(4,5)29-10-12-30(13-11-29)38(6,32-15-24(8-2)35(43)27(18-32)21-40)33-16-25(9-3)36(44)28(19-33)22-41/h10-22,42-44H,7-9H2,1-6H3. The number of aromatic hydroxyl groups is 3. The van der Waals surface area contributed by atoms with Gasteiger partial charge in [0.1, 0.15) is 17.2 Å². The molecule has 0 unspecified atom stereocenters. The van der Waals surface area contributed by atoms with E-state index in [2.05, 4.69) is 13.8 Å². The molecule has 3 N–H and O–H groups in total. The SMILES string of the molecule is CCc1cc(C(C)(C)c2ccc(C(C)(c3cc(C=O)c(O)c(CC)c3)c3cc(C=O)c(O)c(CC)c3)cc2)cc(C=O)c1O. The largest absolute Gasteiger partial charge is 0.507 e. The summed E-state index contributed by atoms with van der Waals surface area (Å²) in [5.74, 6) is -0.0817. The number of benzene rings is 4. The molecule has 4 aromatic carbocycles. The molecule has 0 aliphatic heterocycles. The molecule has 0 saturated carbocycles. The fourth-order valence-corrected chi connectivity index (χ4v) is 6.06. The third-order valence-corrected chi connectivity index (χ3v) is 9.24. The maximum atomic E-state index is 12.0. The summed E-state index contributed by atoms with van der Waals surface area (Å²) in [6.07, 6.45) is 3.56. The summed E-state index contributed by atoms with van der Waals surface area (Å²) in [5, 5.41) is 31.9. The van der Waals surface area contributed by atoms with Gasteiger partial charge in [-0.25, -0.2) is 0 Å². The van der Waals surface area contributed by atoms with Gasteiger partial charge in [-0.05, 0) is 88.9 Å². The van der Waals surface area contributed by atoms with Crippen LogP contribution >= 0.6 is 0 Å². The zero-order chi connectivity index (χ0) is 32.4. The third kappa shape index (κ3) is 5.41. The van der Waals surface area contributed by atoms with E-state index in [1.807, 2.05) is 70.2 Å². The highest BCUT2D eigenvalue weighted by molar-refractivity contribution is 5.83. The topological polar surface area (TPSA) is 112 Å². The van der Waals surface area contributed by atoms with Crippen molar-refractivity contribution >= 4 is 18.9 Å². The van der Waals surface area contributed by atoms with E-state index in [4.69, 9.17) is 0 Å². The first-order chi connectivity index (χ1) is 20.9. The maximum Gasteiger partial charge on any atom is 0.153 e. The van der Waals surface area contributed by atoms with E-state index in [1.165, 1.54) is 0 Å². The van der Waals surface area contributed by atoms with Crippen molar-refractivity contribution in [2.45, 2.75) is 71.6 Å². The van der Waals surface area contributed by atoms with Gasteiger partial charge in [0.2, 0.25) is 0 Å². The average molecular weight is 593 g/mol. The highest BCUT2D eigenvalue weighted by atomic mass is 16.3. The Kier molecular flexibility index (Phi) is 9.14. The number of phenolic OH excluding ortho intramolecular Hbond substituents is 3. The van der Waals surface area contributed by atoms with Gasteiger partial charge in [0.25, 0.3) is 0 Å². The second-order valence-electron chi connectivity index (χ2n) is 12.0. The van der Waals surface area contributed by atoms with Crippen molar-refractivity contribution in [1.82, 2.24) is 0 Å². The van der Waals surface area contributed by atoms with Gasteiger partial charge in [0, 0.05) is 10.8 Å². The molecule has 0 atom stereocenters. The van der Waals surface area contributed by atoms with Crippen molar-refractivity contribution in [2.75, 3.05) is 0 Å². The van der Waals surface area contributed by atoms with Crippen molar-refractivity contribution in [1.29, 1.82) is 0 Å². The Hall–Kier alpha value is -4.71. The van der Waals surface area contributed by atoms with E-state index in [1.54, 1.807) is 18.2 Å². The second kappa shape index (κ2) is 12.5. The van der Waals surface area contributed by atoms with Crippen LogP contribution in [0.1, 0.15) is 117 Å². The summed E-state index contributed by atoms with van der Waals surface area (Å²) in [6.45, 7) is 11.9. The second-order valence-corrected chi connectivity index (χ2v) is 12.0. The van der Waals surface area contributed by atoms with Gasteiger partial charge in [0.05, 0.1) is 16.7 Å². The van der Waals surface area contributed by atoms with E-state index in [0.717, 1.165) is 27.8 Å². The Labute approximate surface area is 259 Å². The van der Waals surface area contributed by atoms with Gasteiger partial charge in [-0.1, -0.05) is 77.1 Å². The normalized spacial score (nSPS) is 11.8. The molecular formula is C38H40O6. The summed E-state index contributed by atoms with van der Waals surface area (Å²) in [4.78, 5) is 35.8. The smallest absolute Gasteiger partial charge is 0.153 e. The molecule has 0 radical (unpaired) electrons. The quantitative estimate of drug-likeness (QED) is 0.122. The minimum absolute atomic E-state index is 0.0123. The van der Waals surface area contributed by atoms with Crippen LogP contribution < -0.4 is 0 Å². The average Bonchev–Trinajstić information content (AvgIpc) is 3.04. The molecule has 0 aliphatic carbocycles.